The van der Waals surface area contributed by atoms with Crippen molar-refractivity contribution in [2.45, 2.75) is 10.9 Å². The van der Waals surface area contributed by atoms with E-state index in [4.69, 9.17) is 5.73 Å². The number of hydrogen-bond donors (Lipinski definition) is 1. The Morgan fingerprint density at radius 2 is 2.10 bits per heavy atom. The zero-order valence-electron chi connectivity index (χ0n) is 10.8. The van der Waals surface area contributed by atoms with Crippen LogP contribution in [-0.2, 0) is 5.75 Å². The van der Waals surface area contributed by atoms with Gasteiger partial charge in [-0.05, 0) is 17.7 Å². The molecule has 0 spiro atoms. The summed E-state index contributed by atoms with van der Waals surface area (Å²) in [6.07, 6.45) is 1.87. The number of nitro benzene ring substituents is 1. The third-order valence-electron chi connectivity index (χ3n) is 3.01. The molecule has 2 N–H and O–H groups in total. The van der Waals surface area contributed by atoms with E-state index >= 15 is 0 Å². The lowest BCUT2D eigenvalue weighted by atomic mass is 10.2. The normalized spacial score (nSPS) is 10.9. The summed E-state index contributed by atoms with van der Waals surface area (Å²) in [5, 5.41) is 19.7. The SMILES string of the molecule is Nc1c(CSc2nnc3ccccn23)cccc1[N+](=O)[O-]. The van der Waals surface area contributed by atoms with E-state index in [9.17, 15) is 10.1 Å². The van der Waals surface area contributed by atoms with Crippen molar-refractivity contribution in [1.82, 2.24) is 14.6 Å². The Kier molecular flexibility index (Phi) is 3.44. The standard InChI is InChI=1S/C13H11N5O2S/c14-12-9(4-3-5-10(12)18(19)20)8-21-13-16-15-11-6-1-2-7-17(11)13/h1-7H,8,14H2. The molecule has 8 heteroatoms. The Balaban J connectivity index is 1.85. The fourth-order valence-electron chi connectivity index (χ4n) is 1.94. The van der Waals surface area contributed by atoms with E-state index in [2.05, 4.69) is 10.2 Å². The second kappa shape index (κ2) is 5.41. The Morgan fingerprint density at radius 1 is 1.24 bits per heavy atom. The minimum atomic E-state index is -0.476. The number of aromatic nitrogens is 3. The van der Waals surface area contributed by atoms with Crippen LogP contribution in [0.1, 0.15) is 5.56 Å². The van der Waals surface area contributed by atoms with Crippen molar-refractivity contribution in [3.8, 4) is 0 Å². The molecule has 0 aliphatic rings. The molecule has 0 saturated heterocycles. The Labute approximate surface area is 123 Å². The molecule has 0 atom stereocenters. The van der Waals surface area contributed by atoms with Gasteiger partial charge in [0.2, 0.25) is 0 Å². The molecule has 21 heavy (non-hydrogen) atoms. The van der Waals surface area contributed by atoms with Gasteiger partial charge in [0.15, 0.2) is 10.8 Å². The van der Waals surface area contributed by atoms with E-state index in [1.54, 1.807) is 12.1 Å². The number of para-hydroxylation sites is 1. The number of nitro groups is 1. The molecular formula is C13H11N5O2S. The first kappa shape index (κ1) is 13.4. The highest BCUT2D eigenvalue weighted by Crippen LogP contribution is 2.30. The molecule has 3 rings (SSSR count). The third kappa shape index (κ3) is 2.52. The number of benzene rings is 1. The molecule has 7 nitrogen and oxygen atoms in total. The quantitative estimate of drug-likeness (QED) is 0.344. The van der Waals surface area contributed by atoms with Crippen molar-refractivity contribution in [3.05, 3.63) is 58.3 Å². The molecular weight excluding hydrogens is 290 g/mol. The maximum atomic E-state index is 10.9. The smallest absolute Gasteiger partial charge is 0.292 e. The number of pyridine rings is 1. The van der Waals surface area contributed by atoms with Crippen molar-refractivity contribution < 1.29 is 4.92 Å². The molecule has 0 amide bonds. The minimum absolute atomic E-state index is 0.0702. The van der Waals surface area contributed by atoms with Crippen molar-refractivity contribution in [3.63, 3.8) is 0 Å². The van der Waals surface area contributed by atoms with Crippen LogP contribution in [0.15, 0.2) is 47.8 Å². The molecule has 1 aromatic carbocycles. The van der Waals surface area contributed by atoms with Crippen molar-refractivity contribution >= 4 is 28.8 Å². The summed E-state index contributed by atoms with van der Waals surface area (Å²) >= 11 is 1.43. The summed E-state index contributed by atoms with van der Waals surface area (Å²) in [5.41, 5.74) is 7.43. The molecule has 106 valence electrons. The third-order valence-corrected chi connectivity index (χ3v) is 4.00. The van der Waals surface area contributed by atoms with E-state index in [0.717, 1.165) is 10.8 Å². The zero-order chi connectivity index (χ0) is 14.8. The van der Waals surface area contributed by atoms with Crippen LogP contribution in [0.2, 0.25) is 0 Å². The van der Waals surface area contributed by atoms with Gasteiger partial charge in [-0.25, -0.2) is 0 Å². The number of thioether (sulfide) groups is 1. The van der Waals surface area contributed by atoms with Gasteiger partial charge in [0, 0.05) is 18.0 Å². The lowest BCUT2D eigenvalue weighted by molar-refractivity contribution is -0.383. The van der Waals surface area contributed by atoms with Crippen LogP contribution in [0.5, 0.6) is 0 Å². The molecule has 0 saturated carbocycles. The molecule has 3 aromatic rings. The number of nitrogens with two attached hydrogens (primary N) is 1. The molecule has 0 aliphatic carbocycles. The van der Waals surface area contributed by atoms with Crippen LogP contribution >= 0.6 is 11.8 Å². The van der Waals surface area contributed by atoms with Gasteiger partial charge in [-0.15, -0.1) is 10.2 Å². The largest absolute Gasteiger partial charge is 0.393 e. The number of fused-ring (bicyclic) bond motifs is 1. The zero-order valence-corrected chi connectivity index (χ0v) is 11.7. The second-order valence-corrected chi connectivity index (χ2v) is 5.25. The predicted octanol–water partition coefficient (Wildman–Crippen LogP) is 2.51. The summed E-state index contributed by atoms with van der Waals surface area (Å²) < 4.78 is 1.86. The second-order valence-electron chi connectivity index (χ2n) is 4.31. The van der Waals surface area contributed by atoms with Crippen molar-refractivity contribution in [2.24, 2.45) is 0 Å². The maximum absolute atomic E-state index is 10.9. The molecule has 0 unspecified atom stereocenters. The van der Waals surface area contributed by atoms with E-state index in [1.807, 2.05) is 28.8 Å². The molecule has 2 heterocycles. The van der Waals surface area contributed by atoms with Crippen LogP contribution in [0.4, 0.5) is 11.4 Å². The van der Waals surface area contributed by atoms with Gasteiger partial charge in [-0.3, -0.25) is 14.5 Å². The van der Waals surface area contributed by atoms with Gasteiger partial charge in [-0.2, -0.15) is 0 Å². The highest BCUT2D eigenvalue weighted by Gasteiger charge is 2.15. The minimum Gasteiger partial charge on any atom is -0.393 e. The first-order chi connectivity index (χ1) is 10.2. The van der Waals surface area contributed by atoms with Crippen molar-refractivity contribution in [2.75, 3.05) is 5.73 Å². The highest BCUT2D eigenvalue weighted by molar-refractivity contribution is 7.98. The summed E-state index contributed by atoms with van der Waals surface area (Å²) in [6, 6.07) is 10.4. The first-order valence-corrected chi connectivity index (χ1v) is 7.09. The molecule has 0 aliphatic heterocycles. The maximum Gasteiger partial charge on any atom is 0.292 e. The van der Waals surface area contributed by atoms with Crippen LogP contribution in [0.25, 0.3) is 5.65 Å². The van der Waals surface area contributed by atoms with Gasteiger partial charge < -0.3 is 5.73 Å². The number of rotatable bonds is 4. The topological polar surface area (TPSA) is 99.3 Å². The van der Waals surface area contributed by atoms with Crippen LogP contribution in [-0.4, -0.2) is 19.5 Å². The lowest BCUT2D eigenvalue weighted by Crippen LogP contribution is -1.99. The van der Waals surface area contributed by atoms with Crippen LogP contribution in [0, 0.1) is 10.1 Å². The molecule has 0 bridgehead atoms. The van der Waals surface area contributed by atoms with Gasteiger partial charge in [0.05, 0.1) is 4.92 Å². The van der Waals surface area contributed by atoms with Gasteiger partial charge in [-0.1, -0.05) is 30.0 Å². The number of hydrogen-bond acceptors (Lipinski definition) is 6. The lowest BCUT2D eigenvalue weighted by Gasteiger charge is -2.05. The number of nitrogen functional groups attached to an aromatic ring is 1. The fraction of sp³-hybridized carbons (Fsp3) is 0.0769. The predicted molar refractivity (Wildman–Crippen MR) is 80.1 cm³/mol. The average molecular weight is 301 g/mol. The van der Waals surface area contributed by atoms with Gasteiger partial charge in [0.1, 0.15) is 5.69 Å². The number of nitrogens with zero attached hydrogens (tertiary/aromatic N) is 4. The van der Waals surface area contributed by atoms with Gasteiger partial charge in [0.25, 0.3) is 5.69 Å². The van der Waals surface area contributed by atoms with Crippen molar-refractivity contribution in [1.29, 1.82) is 0 Å². The van der Waals surface area contributed by atoms with Gasteiger partial charge >= 0.3 is 0 Å². The summed E-state index contributed by atoms with van der Waals surface area (Å²) in [6.45, 7) is 0. The Bertz CT molecular complexity index is 817. The fourth-order valence-corrected chi connectivity index (χ4v) is 2.87. The summed E-state index contributed by atoms with van der Waals surface area (Å²) in [4.78, 5) is 10.4. The van der Waals surface area contributed by atoms with Crippen LogP contribution in [0.3, 0.4) is 0 Å². The van der Waals surface area contributed by atoms with E-state index in [0.29, 0.717) is 11.3 Å². The molecule has 2 aromatic heterocycles. The number of anilines is 1. The van der Waals surface area contributed by atoms with E-state index in [1.165, 1.54) is 17.8 Å². The summed E-state index contributed by atoms with van der Waals surface area (Å²) in [5.74, 6) is 0.489. The van der Waals surface area contributed by atoms with E-state index in [-0.39, 0.29) is 11.4 Å². The average Bonchev–Trinajstić information content (AvgIpc) is 2.89. The first-order valence-electron chi connectivity index (χ1n) is 6.11. The van der Waals surface area contributed by atoms with E-state index < -0.39 is 4.92 Å². The monoisotopic (exact) mass is 301 g/mol. The Morgan fingerprint density at radius 3 is 2.90 bits per heavy atom. The Hall–Kier alpha value is -2.61. The highest BCUT2D eigenvalue weighted by atomic mass is 32.2. The molecule has 0 fully saturated rings. The molecule has 0 radical (unpaired) electrons. The van der Waals surface area contributed by atoms with Crippen LogP contribution < -0.4 is 5.73 Å². The summed E-state index contributed by atoms with van der Waals surface area (Å²) in [7, 11) is 0.